The maximum absolute atomic E-state index is 4.33. The number of thioether (sulfide) groups is 1. The van der Waals surface area contributed by atoms with Crippen molar-refractivity contribution in [2.24, 2.45) is 0 Å². The quantitative estimate of drug-likeness (QED) is 0.795. The van der Waals surface area contributed by atoms with E-state index in [0.29, 0.717) is 0 Å². The van der Waals surface area contributed by atoms with Crippen LogP contribution in [0.25, 0.3) is 5.52 Å². The summed E-state index contributed by atoms with van der Waals surface area (Å²) in [6, 6.07) is 6.05. The van der Waals surface area contributed by atoms with Crippen molar-refractivity contribution in [2.75, 3.05) is 5.75 Å². The van der Waals surface area contributed by atoms with Crippen LogP contribution >= 0.6 is 27.7 Å². The number of pyridine rings is 1. The molecule has 0 spiro atoms. The van der Waals surface area contributed by atoms with Crippen LogP contribution in [0.15, 0.2) is 46.8 Å². The standard InChI is InChI=1S/C10H9BrN2S/c1-8(11)7-14-10-12-6-9-4-2-3-5-13(9)10/h2-6H,1,7H2. The molecule has 0 aliphatic carbocycles. The molecule has 2 nitrogen and oxygen atoms in total. The Morgan fingerprint density at radius 1 is 1.57 bits per heavy atom. The molecule has 0 unspecified atom stereocenters. The summed E-state index contributed by atoms with van der Waals surface area (Å²) in [7, 11) is 0. The monoisotopic (exact) mass is 268 g/mol. The molecule has 2 rings (SSSR count). The first kappa shape index (κ1) is 9.80. The second-order valence-electron chi connectivity index (χ2n) is 2.84. The van der Waals surface area contributed by atoms with Gasteiger partial charge in [-0.15, -0.1) is 0 Å². The van der Waals surface area contributed by atoms with E-state index >= 15 is 0 Å². The Bertz CT molecular complexity index is 464. The summed E-state index contributed by atoms with van der Waals surface area (Å²) in [4.78, 5) is 4.33. The fourth-order valence-corrected chi connectivity index (χ4v) is 2.23. The molecule has 0 fully saturated rings. The van der Waals surface area contributed by atoms with Gasteiger partial charge in [-0.2, -0.15) is 0 Å². The van der Waals surface area contributed by atoms with Crippen LogP contribution < -0.4 is 0 Å². The molecule has 0 amide bonds. The van der Waals surface area contributed by atoms with Crippen molar-refractivity contribution in [3.05, 3.63) is 41.7 Å². The molecule has 0 aliphatic rings. The van der Waals surface area contributed by atoms with Gasteiger partial charge in [0.05, 0.1) is 11.7 Å². The van der Waals surface area contributed by atoms with Crippen molar-refractivity contribution in [2.45, 2.75) is 5.16 Å². The Balaban J connectivity index is 2.29. The van der Waals surface area contributed by atoms with Crippen LogP contribution in [-0.2, 0) is 0 Å². The van der Waals surface area contributed by atoms with Crippen molar-refractivity contribution in [1.82, 2.24) is 9.38 Å². The van der Waals surface area contributed by atoms with Gasteiger partial charge >= 0.3 is 0 Å². The Kier molecular flexibility index (Phi) is 2.93. The summed E-state index contributed by atoms with van der Waals surface area (Å²) < 4.78 is 3.05. The predicted octanol–water partition coefficient (Wildman–Crippen LogP) is 3.34. The van der Waals surface area contributed by atoms with E-state index in [0.717, 1.165) is 20.9 Å². The molecule has 2 aromatic heterocycles. The van der Waals surface area contributed by atoms with E-state index in [1.54, 1.807) is 11.8 Å². The van der Waals surface area contributed by atoms with E-state index in [-0.39, 0.29) is 0 Å². The molecule has 2 aromatic rings. The largest absolute Gasteiger partial charge is 0.295 e. The lowest BCUT2D eigenvalue weighted by atomic mass is 10.4. The fraction of sp³-hybridized carbons (Fsp3) is 0.100. The number of aromatic nitrogens is 2. The van der Waals surface area contributed by atoms with Crippen LogP contribution in [0.1, 0.15) is 0 Å². The molecular formula is C10H9BrN2S. The van der Waals surface area contributed by atoms with Gasteiger partial charge < -0.3 is 0 Å². The molecule has 0 N–H and O–H groups in total. The summed E-state index contributed by atoms with van der Waals surface area (Å²) in [5.41, 5.74) is 1.12. The SMILES string of the molecule is C=C(Br)CSc1ncc2ccccn12. The smallest absolute Gasteiger partial charge is 0.172 e. The highest BCUT2D eigenvalue weighted by Crippen LogP contribution is 2.21. The highest BCUT2D eigenvalue weighted by Gasteiger charge is 2.02. The minimum Gasteiger partial charge on any atom is -0.295 e. The second-order valence-corrected chi connectivity index (χ2v) is 4.91. The lowest BCUT2D eigenvalue weighted by Gasteiger charge is -1.99. The van der Waals surface area contributed by atoms with Crippen LogP contribution in [0, 0.1) is 0 Å². The zero-order chi connectivity index (χ0) is 9.97. The Labute approximate surface area is 95.2 Å². The zero-order valence-electron chi connectivity index (χ0n) is 7.48. The van der Waals surface area contributed by atoms with E-state index in [1.807, 2.05) is 30.6 Å². The van der Waals surface area contributed by atoms with Crippen LogP contribution in [0.2, 0.25) is 0 Å². The third kappa shape index (κ3) is 2.01. The van der Waals surface area contributed by atoms with Crippen LogP contribution in [0.3, 0.4) is 0 Å². The maximum atomic E-state index is 4.33. The van der Waals surface area contributed by atoms with Crippen LogP contribution in [-0.4, -0.2) is 15.1 Å². The number of fused-ring (bicyclic) bond motifs is 1. The second kappa shape index (κ2) is 4.19. The van der Waals surface area contributed by atoms with Crippen LogP contribution in [0.4, 0.5) is 0 Å². The van der Waals surface area contributed by atoms with E-state index in [2.05, 4.69) is 31.9 Å². The summed E-state index contributed by atoms with van der Waals surface area (Å²) in [6.07, 6.45) is 3.89. The van der Waals surface area contributed by atoms with Crippen LogP contribution in [0.5, 0.6) is 0 Å². The normalized spacial score (nSPS) is 10.6. The topological polar surface area (TPSA) is 17.3 Å². The van der Waals surface area contributed by atoms with E-state index < -0.39 is 0 Å². The van der Waals surface area contributed by atoms with E-state index in [9.17, 15) is 0 Å². The maximum Gasteiger partial charge on any atom is 0.172 e. The summed E-state index contributed by atoms with van der Waals surface area (Å²) >= 11 is 5.00. The molecule has 0 atom stereocenters. The van der Waals surface area contributed by atoms with Gasteiger partial charge in [0.25, 0.3) is 0 Å². The zero-order valence-corrected chi connectivity index (χ0v) is 9.88. The van der Waals surface area contributed by atoms with Gasteiger partial charge in [-0.25, -0.2) is 4.98 Å². The van der Waals surface area contributed by atoms with Crippen molar-refractivity contribution in [1.29, 1.82) is 0 Å². The summed E-state index contributed by atoms with van der Waals surface area (Å²) in [6.45, 7) is 3.79. The highest BCUT2D eigenvalue weighted by atomic mass is 79.9. The Morgan fingerprint density at radius 2 is 2.43 bits per heavy atom. The van der Waals surface area contributed by atoms with Crippen molar-refractivity contribution < 1.29 is 0 Å². The number of hydrogen-bond acceptors (Lipinski definition) is 2. The molecule has 14 heavy (non-hydrogen) atoms. The van der Waals surface area contributed by atoms with Crippen molar-refractivity contribution >= 4 is 33.2 Å². The first-order chi connectivity index (χ1) is 6.77. The molecular weight excluding hydrogens is 260 g/mol. The Hall–Kier alpha value is -0.740. The fourth-order valence-electron chi connectivity index (χ4n) is 1.17. The lowest BCUT2D eigenvalue weighted by Crippen LogP contribution is -1.87. The molecule has 72 valence electrons. The predicted molar refractivity (Wildman–Crippen MR) is 64.0 cm³/mol. The average molecular weight is 269 g/mol. The molecule has 0 aromatic carbocycles. The summed E-state index contributed by atoms with van der Waals surface area (Å²) in [5.74, 6) is 0.841. The van der Waals surface area contributed by atoms with Gasteiger partial charge in [0.1, 0.15) is 0 Å². The minimum atomic E-state index is 0.841. The number of halogens is 1. The molecule has 0 radical (unpaired) electrons. The number of hydrogen-bond donors (Lipinski definition) is 0. The number of rotatable bonds is 3. The molecule has 0 saturated heterocycles. The van der Waals surface area contributed by atoms with Crippen molar-refractivity contribution in [3.8, 4) is 0 Å². The number of imidazole rings is 1. The third-order valence-corrected chi connectivity index (χ3v) is 3.47. The van der Waals surface area contributed by atoms with Gasteiger partial charge in [0.2, 0.25) is 0 Å². The molecule has 0 bridgehead atoms. The van der Waals surface area contributed by atoms with Crippen molar-refractivity contribution in [3.63, 3.8) is 0 Å². The van der Waals surface area contributed by atoms with Gasteiger partial charge in [-0.1, -0.05) is 40.3 Å². The van der Waals surface area contributed by atoms with E-state index in [4.69, 9.17) is 0 Å². The first-order valence-corrected chi connectivity index (χ1v) is 5.93. The third-order valence-electron chi connectivity index (χ3n) is 1.76. The molecule has 0 saturated carbocycles. The average Bonchev–Trinajstić information content (AvgIpc) is 2.58. The Morgan fingerprint density at radius 3 is 3.21 bits per heavy atom. The molecule has 0 aliphatic heterocycles. The van der Waals surface area contributed by atoms with Gasteiger partial charge in [0.15, 0.2) is 5.16 Å². The van der Waals surface area contributed by atoms with Gasteiger partial charge in [-0.05, 0) is 16.6 Å². The molecule has 4 heteroatoms. The summed E-state index contributed by atoms with van der Waals surface area (Å²) in [5, 5.41) is 1.00. The lowest BCUT2D eigenvalue weighted by molar-refractivity contribution is 0.960. The number of nitrogens with zero attached hydrogens (tertiary/aromatic N) is 2. The van der Waals surface area contributed by atoms with Gasteiger partial charge in [0, 0.05) is 11.9 Å². The first-order valence-electron chi connectivity index (χ1n) is 4.15. The van der Waals surface area contributed by atoms with Gasteiger partial charge in [-0.3, -0.25) is 4.40 Å². The highest BCUT2D eigenvalue weighted by molar-refractivity contribution is 9.11. The minimum absolute atomic E-state index is 0.841. The van der Waals surface area contributed by atoms with E-state index in [1.165, 1.54) is 0 Å². The molecule has 2 heterocycles.